The van der Waals surface area contributed by atoms with Gasteiger partial charge in [0, 0.05) is 19.6 Å². The minimum Gasteiger partial charge on any atom is -0.508 e. The van der Waals surface area contributed by atoms with E-state index in [1.54, 1.807) is 19.1 Å². The predicted octanol–water partition coefficient (Wildman–Crippen LogP) is 3.96. The number of hydrogen-bond acceptors (Lipinski definition) is 4. The van der Waals surface area contributed by atoms with E-state index in [2.05, 4.69) is 29.6 Å². The Hall–Kier alpha value is -2.66. The number of benzene rings is 2. The molecule has 0 aliphatic heterocycles. The smallest absolute Gasteiger partial charge is 0.287 e. The number of carbonyl (C=O) groups excluding carboxylic acids is 2. The molecule has 5 nitrogen and oxygen atoms in total. The first-order valence-corrected chi connectivity index (χ1v) is 10.3. The highest BCUT2D eigenvalue weighted by molar-refractivity contribution is 6.36. The van der Waals surface area contributed by atoms with E-state index in [4.69, 9.17) is 4.74 Å². The van der Waals surface area contributed by atoms with Crippen LogP contribution in [0.25, 0.3) is 0 Å². The molecule has 2 aromatic rings. The predicted molar refractivity (Wildman–Crippen MR) is 114 cm³/mol. The van der Waals surface area contributed by atoms with Crippen molar-refractivity contribution in [1.29, 1.82) is 0 Å². The molecule has 0 unspecified atom stereocenters. The number of ether oxygens (including phenoxy) is 1. The molecule has 0 bridgehead atoms. The number of Topliss-reactive ketones (excluding diaryl/α,β-unsaturated/α-hetero) is 1. The first kappa shape index (κ1) is 22.6. The number of hydrogen-bond donors (Lipinski definition) is 2. The van der Waals surface area contributed by atoms with E-state index >= 15 is 0 Å². The molecule has 0 radical (unpaired) electrons. The van der Waals surface area contributed by atoms with E-state index in [0.29, 0.717) is 19.8 Å². The molecule has 0 heterocycles. The zero-order chi connectivity index (χ0) is 20.9. The zero-order valence-electron chi connectivity index (χ0n) is 17.2. The van der Waals surface area contributed by atoms with Crippen LogP contribution in [-0.4, -0.2) is 29.9 Å². The normalized spacial score (nSPS) is 10.7. The lowest BCUT2D eigenvalue weighted by Crippen LogP contribution is -2.31. The van der Waals surface area contributed by atoms with Gasteiger partial charge in [0.2, 0.25) is 5.78 Å². The van der Waals surface area contributed by atoms with E-state index in [1.807, 2.05) is 12.1 Å². The number of ketones is 1. The van der Waals surface area contributed by atoms with Crippen LogP contribution in [0.2, 0.25) is 0 Å². The second-order valence-corrected chi connectivity index (χ2v) is 7.08. The van der Waals surface area contributed by atoms with Gasteiger partial charge in [0.15, 0.2) is 0 Å². The van der Waals surface area contributed by atoms with Gasteiger partial charge in [-0.2, -0.15) is 0 Å². The quantitative estimate of drug-likeness (QED) is 0.396. The molecule has 156 valence electrons. The van der Waals surface area contributed by atoms with Crippen LogP contribution in [0, 0.1) is 0 Å². The molecule has 0 fully saturated rings. The third-order valence-electron chi connectivity index (χ3n) is 4.79. The average molecular weight is 398 g/mol. The molecule has 0 aliphatic carbocycles. The van der Waals surface area contributed by atoms with Gasteiger partial charge < -0.3 is 15.2 Å². The Morgan fingerprint density at radius 2 is 1.59 bits per heavy atom. The minimum atomic E-state index is -0.472. The van der Waals surface area contributed by atoms with Crippen LogP contribution in [0.5, 0.6) is 5.75 Å². The van der Waals surface area contributed by atoms with Gasteiger partial charge in [0.05, 0.1) is 6.61 Å². The number of phenols is 1. The topological polar surface area (TPSA) is 75.6 Å². The summed E-state index contributed by atoms with van der Waals surface area (Å²) in [6, 6.07) is 15.5. The summed E-state index contributed by atoms with van der Waals surface area (Å²) >= 11 is 0. The Morgan fingerprint density at radius 3 is 2.24 bits per heavy atom. The summed E-state index contributed by atoms with van der Waals surface area (Å²) in [6.07, 6.45) is 4.94. The molecule has 2 N–H and O–H groups in total. The maximum Gasteiger partial charge on any atom is 0.287 e. The number of phenolic OH excluding ortho intramolecular Hbond substituents is 1. The Morgan fingerprint density at radius 1 is 0.931 bits per heavy atom. The maximum absolute atomic E-state index is 11.5. The van der Waals surface area contributed by atoms with Gasteiger partial charge in [0.1, 0.15) is 5.75 Å². The fourth-order valence-corrected chi connectivity index (χ4v) is 3.09. The van der Waals surface area contributed by atoms with Crippen molar-refractivity contribution in [2.45, 2.75) is 52.1 Å². The van der Waals surface area contributed by atoms with Crippen molar-refractivity contribution >= 4 is 11.7 Å². The van der Waals surface area contributed by atoms with Crippen molar-refractivity contribution in [1.82, 2.24) is 5.32 Å². The van der Waals surface area contributed by atoms with Crippen LogP contribution >= 0.6 is 0 Å². The number of amides is 1. The molecule has 0 atom stereocenters. The number of aromatic hydroxyl groups is 1. The molecular formula is C24H31NO4. The van der Waals surface area contributed by atoms with Crippen molar-refractivity contribution in [2.24, 2.45) is 0 Å². The van der Waals surface area contributed by atoms with Crippen LogP contribution in [0.15, 0.2) is 48.5 Å². The summed E-state index contributed by atoms with van der Waals surface area (Å²) in [4.78, 5) is 22.7. The molecule has 2 aromatic carbocycles. The summed E-state index contributed by atoms with van der Waals surface area (Å²) in [5.41, 5.74) is 3.73. The molecule has 0 saturated carbocycles. The van der Waals surface area contributed by atoms with Crippen LogP contribution in [-0.2, 0) is 33.8 Å². The van der Waals surface area contributed by atoms with E-state index in [1.165, 1.54) is 11.1 Å². The van der Waals surface area contributed by atoms with Crippen molar-refractivity contribution in [3.63, 3.8) is 0 Å². The van der Waals surface area contributed by atoms with E-state index in [9.17, 15) is 14.7 Å². The van der Waals surface area contributed by atoms with Crippen molar-refractivity contribution in [3.05, 3.63) is 65.2 Å². The highest BCUT2D eigenvalue weighted by Gasteiger charge is 2.09. The summed E-state index contributed by atoms with van der Waals surface area (Å²) in [7, 11) is 0. The van der Waals surface area contributed by atoms with Crippen LogP contribution in [0.1, 0.15) is 49.3 Å². The van der Waals surface area contributed by atoms with Gasteiger partial charge in [-0.25, -0.2) is 0 Å². The minimum absolute atomic E-state index is 0.248. The highest BCUT2D eigenvalue weighted by atomic mass is 16.5. The zero-order valence-corrected chi connectivity index (χ0v) is 17.2. The van der Waals surface area contributed by atoms with Gasteiger partial charge in [-0.3, -0.25) is 9.59 Å². The molecule has 2 rings (SSSR count). The van der Waals surface area contributed by atoms with Crippen LogP contribution in [0.3, 0.4) is 0 Å². The third kappa shape index (κ3) is 8.48. The molecule has 0 aliphatic rings. The fourth-order valence-electron chi connectivity index (χ4n) is 3.09. The van der Waals surface area contributed by atoms with E-state index < -0.39 is 5.91 Å². The van der Waals surface area contributed by atoms with Gasteiger partial charge >= 0.3 is 0 Å². The number of carbonyl (C=O) groups is 2. The number of rotatable bonds is 13. The van der Waals surface area contributed by atoms with Crippen LogP contribution in [0.4, 0.5) is 0 Å². The SMILES string of the molecule is CCC(=O)C(=O)NCCCCc1ccccc1CCCOCc1ccc(O)cc1. The second-order valence-electron chi connectivity index (χ2n) is 7.08. The summed E-state index contributed by atoms with van der Waals surface area (Å²) in [5, 5.41) is 12.0. The fraction of sp³-hybridized carbons (Fsp3) is 0.417. The molecule has 0 spiro atoms. The summed E-state index contributed by atoms with van der Waals surface area (Å²) in [6.45, 7) is 3.47. The van der Waals surface area contributed by atoms with Gasteiger partial charge in [-0.15, -0.1) is 0 Å². The summed E-state index contributed by atoms with van der Waals surface area (Å²) < 4.78 is 5.74. The molecule has 0 aromatic heterocycles. The molecule has 5 heteroatoms. The lowest BCUT2D eigenvalue weighted by Gasteiger charge is -2.10. The van der Waals surface area contributed by atoms with Crippen molar-refractivity contribution < 1.29 is 19.4 Å². The molecular weight excluding hydrogens is 366 g/mol. The molecule has 0 saturated heterocycles. The maximum atomic E-state index is 11.5. The van der Waals surface area contributed by atoms with Crippen LogP contribution < -0.4 is 5.32 Å². The number of unbranched alkanes of at least 4 members (excludes halogenated alkanes) is 1. The van der Waals surface area contributed by atoms with Crippen molar-refractivity contribution in [3.8, 4) is 5.75 Å². The van der Waals surface area contributed by atoms with E-state index in [-0.39, 0.29) is 18.0 Å². The Kier molecular flexibility index (Phi) is 9.93. The largest absolute Gasteiger partial charge is 0.508 e. The average Bonchev–Trinajstić information content (AvgIpc) is 2.74. The second kappa shape index (κ2) is 12.7. The number of aryl methyl sites for hydroxylation is 2. The summed E-state index contributed by atoms with van der Waals surface area (Å²) in [5.74, 6) is -0.564. The first-order chi connectivity index (χ1) is 14.1. The standard InChI is InChI=1S/C24H31NO4/c1-2-23(27)24(28)25-16-6-5-10-20-8-3-4-9-21(20)11-7-17-29-18-19-12-14-22(26)15-13-19/h3-4,8-9,12-15,26H,2,5-7,10-11,16-18H2,1H3,(H,25,28). The van der Waals surface area contributed by atoms with E-state index in [0.717, 1.165) is 37.7 Å². The highest BCUT2D eigenvalue weighted by Crippen LogP contribution is 2.15. The Bertz CT molecular complexity index is 771. The molecule has 1 amide bonds. The van der Waals surface area contributed by atoms with Crippen molar-refractivity contribution in [2.75, 3.05) is 13.2 Å². The first-order valence-electron chi connectivity index (χ1n) is 10.3. The lowest BCUT2D eigenvalue weighted by atomic mass is 9.98. The third-order valence-corrected chi connectivity index (χ3v) is 4.79. The van der Waals surface area contributed by atoms with Gasteiger partial charge in [0.25, 0.3) is 5.91 Å². The Labute approximate surface area is 173 Å². The molecule has 29 heavy (non-hydrogen) atoms. The number of nitrogens with one attached hydrogen (secondary N) is 1. The van der Waals surface area contributed by atoms with Gasteiger partial charge in [-0.05, 0) is 60.9 Å². The lowest BCUT2D eigenvalue weighted by molar-refractivity contribution is -0.137. The Balaban J connectivity index is 1.65. The monoisotopic (exact) mass is 397 g/mol. The van der Waals surface area contributed by atoms with Gasteiger partial charge in [-0.1, -0.05) is 43.3 Å².